The van der Waals surface area contributed by atoms with Gasteiger partial charge in [-0.2, -0.15) is 0 Å². The van der Waals surface area contributed by atoms with Crippen LogP contribution in [0.4, 0.5) is 0 Å². The number of thiophene rings is 1. The van der Waals surface area contributed by atoms with Gasteiger partial charge in [0.25, 0.3) is 0 Å². The normalized spacial score (nSPS) is 19.9. The fourth-order valence-corrected chi connectivity index (χ4v) is 3.32. The summed E-state index contributed by atoms with van der Waals surface area (Å²) >= 11 is 5.01. The van der Waals surface area contributed by atoms with E-state index in [1.807, 2.05) is 12.1 Å². The minimum absolute atomic E-state index is 0.114. The summed E-state index contributed by atoms with van der Waals surface area (Å²) in [6.45, 7) is 1.84. The Bertz CT molecular complexity index is 361. The topological polar surface area (TPSA) is 41.1 Å². The molecule has 1 aromatic rings. The Labute approximate surface area is 108 Å². The van der Waals surface area contributed by atoms with Crippen LogP contribution in [-0.4, -0.2) is 25.0 Å². The van der Waals surface area contributed by atoms with E-state index in [1.165, 1.54) is 12.8 Å². The largest absolute Gasteiger partial charge is 0.354 e. The molecule has 1 aliphatic heterocycles. The van der Waals surface area contributed by atoms with Gasteiger partial charge in [-0.05, 0) is 47.4 Å². The van der Waals surface area contributed by atoms with E-state index in [4.69, 9.17) is 0 Å². The first kappa shape index (κ1) is 12.1. The third-order valence-electron chi connectivity index (χ3n) is 2.67. The van der Waals surface area contributed by atoms with Crippen molar-refractivity contribution in [2.45, 2.75) is 25.3 Å². The predicted molar refractivity (Wildman–Crippen MR) is 69.8 cm³/mol. The van der Waals surface area contributed by atoms with Crippen molar-refractivity contribution < 1.29 is 4.79 Å². The Morgan fingerprint density at radius 3 is 3.12 bits per heavy atom. The summed E-state index contributed by atoms with van der Waals surface area (Å²) in [7, 11) is 0. The number of carbonyl (C=O) groups excluding carboxylic acids is 1. The highest BCUT2D eigenvalue weighted by molar-refractivity contribution is 9.11. The highest BCUT2D eigenvalue weighted by atomic mass is 79.9. The van der Waals surface area contributed by atoms with Gasteiger partial charge in [-0.1, -0.05) is 0 Å². The molecular weight excluding hydrogens is 288 g/mol. The van der Waals surface area contributed by atoms with Gasteiger partial charge in [0.1, 0.15) is 0 Å². The van der Waals surface area contributed by atoms with Crippen LogP contribution in [0.2, 0.25) is 0 Å². The Morgan fingerprint density at radius 1 is 1.62 bits per heavy atom. The van der Waals surface area contributed by atoms with Crippen LogP contribution in [0, 0.1) is 0 Å². The van der Waals surface area contributed by atoms with Crippen LogP contribution in [0.5, 0.6) is 0 Å². The Morgan fingerprint density at radius 2 is 2.50 bits per heavy atom. The maximum absolute atomic E-state index is 11.6. The summed E-state index contributed by atoms with van der Waals surface area (Å²) in [6.07, 6.45) is 2.88. The molecule has 1 fully saturated rings. The van der Waals surface area contributed by atoms with E-state index in [0.717, 1.165) is 21.8 Å². The van der Waals surface area contributed by atoms with Crippen molar-refractivity contribution in [3.63, 3.8) is 0 Å². The first-order valence-electron chi connectivity index (χ1n) is 5.48. The van der Waals surface area contributed by atoms with Crippen molar-refractivity contribution in [3.05, 3.63) is 20.8 Å². The zero-order chi connectivity index (χ0) is 11.4. The van der Waals surface area contributed by atoms with Gasteiger partial charge >= 0.3 is 0 Å². The van der Waals surface area contributed by atoms with E-state index < -0.39 is 0 Å². The van der Waals surface area contributed by atoms with Gasteiger partial charge in [0.05, 0.1) is 10.2 Å². The minimum Gasteiger partial charge on any atom is -0.354 e. The van der Waals surface area contributed by atoms with E-state index in [2.05, 4.69) is 26.6 Å². The SMILES string of the molecule is O=C(Cc1ccc(Br)s1)NCC1CCCN1. The van der Waals surface area contributed by atoms with Crippen LogP contribution >= 0.6 is 27.3 Å². The Hall–Kier alpha value is -0.390. The number of hydrogen-bond acceptors (Lipinski definition) is 3. The monoisotopic (exact) mass is 302 g/mol. The van der Waals surface area contributed by atoms with Crippen LogP contribution in [-0.2, 0) is 11.2 Å². The van der Waals surface area contributed by atoms with Gasteiger partial charge in [-0.15, -0.1) is 11.3 Å². The van der Waals surface area contributed by atoms with E-state index >= 15 is 0 Å². The molecule has 1 saturated heterocycles. The third kappa shape index (κ3) is 3.57. The molecule has 1 atom stereocenters. The van der Waals surface area contributed by atoms with Crippen molar-refractivity contribution in [1.82, 2.24) is 10.6 Å². The molecule has 0 bridgehead atoms. The fourth-order valence-electron chi connectivity index (χ4n) is 1.84. The van der Waals surface area contributed by atoms with E-state index in [1.54, 1.807) is 11.3 Å². The van der Waals surface area contributed by atoms with Crippen molar-refractivity contribution in [1.29, 1.82) is 0 Å². The lowest BCUT2D eigenvalue weighted by molar-refractivity contribution is -0.120. The molecule has 1 aliphatic rings. The molecule has 0 aliphatic carbocycles. The van der Waals surface area contributed by atoms with Crippen LogP contribution < -0.4 is 10.6 Å². The molecule has 1 amide bonds. The van der Waals surface area contributed by atoms with Crippen LogP contribution in [0.3, 0.4) is 0 Å². The van der Waals surface area contributed by atoms with Crippen LogP contribution in [0.15, 0.2) is 15.9 Å². The number of carbonyl (C=O) groups is 1. The predicted octanol–water partition coefficient (Wildman–Crippen LogP) is 1.92. The quantitative estimate of drug-likeness (QED) is 0.892. The zero-order valence-electron chi connectivity index (χ0n) is 8.96. The molecule has 3 nitrogen and oxygen atoms in total. The smallest absolute Gasteiger partial charge is 0.225 e. The molecule has 5 heteroatoms. The van der Waals surface area contributed by atoms with Gasteiger partial charge < -0.3 is 10.6 Å². The van der Waals surface area contributed by atoms with E-state index in [-0.39, 0.29) is 5.91 Å². The molecule has 0 radical (unpaired) electrons. The van der Waals surface area contributed by atoms with E-state index in [9.17, 15) is 4.79 Å². The lowest BCUT2D eigenvalue weighted by Gasteiger charge is -2.10. The van der Waals surface area contributed by atoms with Crippen molar-refractivity contribution >= 4 is 33.2 Å². The van der Waals surface area contributed by atoms with Gasteiger partial charge in [0, 0.05) is 17.5 Å². The number of nitrogens with one attached hydrogen (secondary N) is 2. The zero-order valence-corrected chi connectivity index (χ0v) is 11.4. The molecule has 1 unspecified atom stereocenters. The number of halogens is 1. The molecule has 0 aromatic carbocycles. The first-order chi connectivity index (χ1) is 7.74. The summed E-state index contributed by atoms with van der Waals surface area (Å²) < 4.78 is 1.08. The van der Waals surface area contributed by atoms with Crippen molar-refractivity contribution in [2.75, 3.05) is 13.1 Å². The number of amides is 1. The van der Waals surface area contributed by atoms with Gasteiger partial charge in [-0.3, -0.25) is 4.79 Å². The van der Waals surface area contributed by atoms with Crippen molar-refractivity contribution in [3.8, 4) is 0 Å². The third-order valence-corrected chi connectivity index (χ3v) is 4.30. The number of hydrogen-bond donors (Lipinski definition) is 2. The maximum Gasteiger partial charge on any atom is 0.225 e. The summed E-state index contributed by atoms with van der Waals surface area (Å²) in [5.41, 5.74) is 0. The highest BCUT2D eigenvalue weighted by Crippen LogP contribution is 2.22. The van der Waals surface area contributed by atoms with Gasteiger partial charge in [-0.25, -0.2) is 0 Å². The Balaban J connectivity index is 1.71. The average Bonchev–Trinajstić information content (AvgIpc) is 2.87. The maximum atomic E-state index is 11.6. The summed E-state index contributed by atoms with van der Waals surface area (Å²) in [4.78, 5) is 12.7. The van der Waals surface area contributed by atoms with Gasteiger partial charge in [0.2, 0.25) is 5.91 Å². The molecular formula is C11H15BrN2OS. The average molecular weight is 303 g/mol. The van der Waals surface area contributed by atoms with Crippen LogP contribution in [0.25, 0.3) is 0 Å². The number of rotatable bonds is 4. The first-order valence-corrected chi connectivity index (χ1v) is 7.09. The van der Waals surface area contributed by atoms with Crippen LogP contribution in [0.1, 0.15) is 17.7 Å². The summed E-state index contributed by atoms with van der Waals surface area (Å²) in [5, 5.41) is 6.33. The summed E-state index contributed by atoms with van der Waals surface area (Å²) in [6, 6.07) is 4.44. The Kier molecular flexibility index (Phi) is 4.37. The second-order valence-corrected chi connectivity index (χ2v) is 6.53. The second kappa shape index (κ2) is 5.80. The molecule has 16 heavy (non-hydrogen) atoms. The molecule has 0 spiro atoms. The second-order valence-electron chi connectivity index (χ2n) is 3.98. The molecule has 2 N–H and O–H groups in total. The fraction of sp³-hybridized carbons (Fsp3) is 0.545. The lowest BCUT2D eigenvalue weighted by Crippen LogP contribution is -2.37. The standard InChI is InChI=1S/C11H15BrN2OS/c12-10-4-3-9(16-10)6-11(15)14-7-8-2-1-5-13-8/h3-4,8,13H,1-2,5-7H2,(H,14,15). The minimum atomic E-state index is 0.114. The highest BCUT2D eigenvalue weighted by Gasteiger charge is 2.14. The molecule has 2 rings (SSSR count). The lowest BCUT2D eigenvalue weighted by atomic mass is 10.2. The van der Waals surface area contributed by atoms with E-state index in [0.29, 0.717) is 12.5 Å². The van der Waals surface area contributed by atoms with Gasteiger partial charge in [0.15, 0.2) is 0 Å². The molecule has 2 heterocycles. The molecule has 0 saturated carbocycles. The molecule has 1 aromatic heterocycles. The molecule has 88 valence electrons. The van der Waals surface area contributed by atoms with Crippen molar-refractivity contribution in [2.24, 2.45) is 0 Å². The summed E-state index contributed by atoms with van der Waals surface area (Å²) in [5.74, 6) is 0.114.